The van der Waals surface area contributed by atoms with Crippen LogP contribution in [0.3, 0.4) is 0 Å². The lowest BCUT2D eigenvalue weighted by molar-refractivity contribution is 0.555. The van der Waals surface area contributed by atoms with Crippen LogP contribution in [0.1, 0.15) is 63.9 Å². The van der Waals surface area contributed by atoms with Crippen molar-refractivity contribution in [2.75, 3.05) is 13.1 Å². The van der Waals surface area contributed by atoms with Gasteiger partial charge in [0.15, 0.2) is 0 Å². The minimum atomic E-state index is 1.11. The van der Waals surface area contributed by atoms with Crippen LogP contribution >= 0.6 is 0 Å². The first-order valence-electron chi connectivity index (χ1n) is 9.59. The maximum Gasteiger partial charge on any atom is -0.00490 e. The van der Waals surface area contributed by atoms with Crippen molar-refractivity contribution in [2.24, 2.45) is 0 Å². The van der Waals surface area contributed by atoms with Crippen molar-refractivity contribution >= 4 is 10.8 Å². The third kappa shape index (κ3) is 6.74. The van der Waals surface area contributed by atoms with Gasteiger partial charge in [0.2, 0.25) is 0 Å². The van der Waals surface area contributed by atoms with Gasteiger partial charge in [0.05, 0.1) is 0 Å². The maximum absolute atomic E-state index is 3.40. The second-order valence-corrected chi connectivity index (χ2v) is 6.57. The van der Waals surface area contributed by atoms with Gasteiger partial charge < -0.3 is 5.32 Å². The molecule has 0 aliphatic heterocycles. The van der Waals surface area contributed by atoms with Crippen LogP contribution in [0.15, 0.2) is 42.5 Å². The predicted molar refractivity (Wildman–Crippen MR) is 103 cm³/mol. The van der Waals surface area contributed by atoms with Crippen molar-refractivity contribution in [3.63, 3.8) is 0 Å². The monoisotopic (exact) mass is 311 g/mol. The number of fused-ring (bicyclic) bond motifs is 1. The van der Waals surface area contributed by atoms with Crippen molar-refractivity contribution in [3.05, 3.63) is 48.0 Å². The van der Waals surface area contributed by atoms with Crippen molar-refractivity contribution < 1.29 is 0 Å². The average Bonchev–Trinajstić information content (AvgIpc) is 2.60. The highest BCUT2D eigenvalue weighted by Crippen LogP contribution is 2.20. The number of rotatable bonds is 12. The molecule has 0 atom stereocenters. The van der Waals surface area contributed by atoms with Gasteiger partial charge in [-0.1, -0.05) is 87.9 Å². The fraction of sp³-hybridized carbons (Fsp3) is 0.545. The Labute approximate surface area is 142 Å². The molecule has 126 valence electrons. The van der Waals surface area contributed by atoms with Gasteiger partial charge in [0, 0.05) is 0 Å². The molecule has 23 heavy (non-hydrogen) atoms. The smallest absolute Gasteiger partial charge is 0.00490 e. The summed E-state index contributed by atoms with van der Waals surface area (Å²) in [7, 11) is 0. The van der Waals surface area contributed by atoms with E-state index in [1.54, 1.807) is 0 Å². The van der Waals surface area contributed by atoms with Gasteiger partial charge in [-0.05, 0) is 48.7 Å². The normalized spacial score (nSPS) is 11.2. The van der Waals surface area contributed by atoms with E-state index < -0.39 is 0 Å². The molecule has 1 N–H and O–H groups in total. The molecule has 2 aromatic carbocycles. The lowest BCUT2D eigenvalue weighted by Gasteiger charge is -2.07. The fourth-order valence-electron chi connectivity index (χ4n) is 3.31. The molecule has 1 nitrogen and oxygen atoms in total. The Morgan fingerprint density at radius 3 is 2.13 bits per heavy atom. The number of benzene rings is 2. The summed E-state index contributed by atoms with van der Waals surface area (Å²) < 4.78 is 0. The van der Waals surface area contributed by atoms with Crippen molar-refractivity contribution in [2.45, 2.75) is 64.7 Å². The molecule has 0 saturated carbocycles. The second-order valence-electron chi connectivity index (χ2n) is 6.57. The summed E-state index contributed by atoms with van der Waals surface area (Å²) in [6, 6.07) is 15.5. The van der Waals surface area contributed by atoms with E-state index in [4.69, 9.17) is 0 Å². The Hall–Kier alpha value is -1.34. The molecule has 0 saturated heterocycles. The van der Waals surface area contributed by atoms with Crippen molar-refractivity contribution in [1.82, 2.24) is 5.32 Å². The van der Waals surface area contributed by atoms with Crippen LogP contribution in [0.4, 0.5) is 0 Å². The molecule has 0 aliphatic carbocycles. The number of nitrogens with one attached hydrogen (secondary N) is 1. The van der Waals surface area contributed by atoms with Crippen LogP contribution in [0.5, 0.6) is 0 Å². The minimum Gasteiger partial charge on any atom is -0.317 e. The van der Waals surface area contributed by atoms with E-state index in [2.05, 4.69) is 54.7 Å². The van der Waals surface area contributed by atoms with Gasteiger partial charge in [-0.2, -0.15) is 0 Å². The van der Waals surface area contributed by atoms with Crippen LogP contribution in [0, 0.1) is 0 Å². The Kier molecular flexibility index (Phi) is 8.80. The van der Waals surface area contributed by atoms with Crippen LogP contribution < -0.4 is 5.32 Å². The zero-order valence-corrected chi connectivity index (χ0v) is 14.8. The molecule has 0 unspecified atom stereocenters. The predicted octanol–water partition coefficient (Wildman–Crippen LogP) is 6.11. The lowest BCUT2D eigenvalue weighted by atomic mass is 9.99. The fourth-order valence-corrected chi connectivity index (χ4v) is 3.31. The highest BCUT2D eigenvalue weighted by molar-refractivity contribution is 5.85. The summed E-state index contributed by atoms with van der Waals surface area (Å²) in [5, 5.41) is 6.21. The third-order valence-electron chi connectivity index (χ3n) is 4.68. The number of aryl methyl sites for hydroxylation is 1. The van der Waals surface area contributed by atoms with E-state index in [9.17, 15) is 0 Å². The average molecular weight is 312 g/mol. The Bertz CT molecular complexity index is 541. The Morgan fingerprint density at radius 2 is 1.35 bits per heavy atom. The molecule has 2 aromatic rings. The van der Waals surface area contributed by atoms with Gasteiger partial charge >= 0.3 is 0 Å². The molecule has 0 amide bonds. The van der Waals surface area contributed by atoms with Crippen molar-refractivity contribution in [3.8, 4) is 0 Å². The molecule has 0 fully saturated rings. The van der Waals surface area contributed by atoms with Crippen LogP contribution in [-0.2, 0) is 6.42 Å². The van der Waals surface area contributed by atoms with E-state index in [0.29, 0.717) is 0 Å². The number of hydrogen-bond donors (Lipinski definition) is 1. The zero-order chi connectivity index (χ0) is 16.2. The Balaban J connectivity index is 1.54. The molecule has 0 aromatic heterocycles. The SMILES string of the molecule is CCNCCCCCCCCCCc1cccc2ccccc12. The van der Waals surface area contributed by atoms with Gasteiger partial charge in [-0.3, -0.25) is 0 Å². The van der Waals surface area contributed by atoms with Gasteiger partial charge in [0.25, 0.3) is 0 Å². The number of hydrogen-bond acceptors (Lipinski definition) is 1. The van der Waals surface area contributed by atoms with Crippen LogP contribution in [-0.4, -0.2) is 13.1 Å². The van der Waals surface area contributed by atoms with Crippen molar-refractivity contribution in [1.29, 1.82) is 0 Å². The first-order valence-corrected chi connectivity index (χ1v) is 9.59. The summed E-state index contributed by atoms with van der Waals surface area (Å²) in [6.45, 7) is 4.48. The largest absolute Gasteiger partial charge is 0.317 e. The van der Waals surface area contributed by atoms with E-state index >= 15 is 0 Å². The zero-order valence-electron chi connectivity index (χ0n) is 14.8. The van der Waals surface area contributed by atoms with Gasteiger partial charge in [-0.25, -0.2) is 0 Å². The molecule has 0 radical (unpaired) electrons. The van der Waals surface area contributed by atoms with Gasteiger partial charge in [-0.15, -0.1) is 0 Å². The molecular weight excluding hydrogens is 278 g/mol. The summed E-state index contributed by atoms with van der Waals surface area (Å²) in [6.07, 6.45) is 12.3. The minimum absolute atomic E-state index is 1.11. The van der Waals surface area contributed by atoms with E-state index in [1.165, 1.54) is 80.7 Å². The summed E-state index contributed by atoms with van der Waals surface area (Å²) >= 11 is 0. The molecule has 2 rings (SSSR count). The maximum atomic E-state index is 3.40. The van der Waals surface area contributed by atoms with E-state index in [-0.39, 0.29) is 0 Å². The van der Waals surface area contributed by atoms with Gasteiger partial charge in [0.1, 0.15) is 0 Å². The lowest BCUT2D eigenvalue weighted by Crippen LogP contribution is -2.13. The molecular formula is C22H33N. The number of unbranched alkanes of at least 4 members (excludes halogenated alkanes) is 7. The van der Waals surface area contributed by atoms with Crippen LogP contribution in [0.2, 0.25) is 0 Å². The third-order valence-corrected chi connectivity index (χ3v) is 4.68. The topological polar surface area (TPSA) is 12.0 Å². The molecule has 0 heterocycles. The molecule has 0 aliphatic rings. The van der Waals surface area contributed by atoms with E-state index in [0.717, 1.165) is 6.54 Å². The summed E-state index contributed by atoms with van der Waals surface area (Å²) in [5.74, 6) is 0. The molecule has 1 heteroatoms. The molecule has 0 spiro atoms. The summed E-state index contributed by atoms with van der Waals surface area (Å²) in [4.78, 5) is 0. The highest BCUT2D eigenvalue weighted by atomic mass is 14.8. The standard InChI is InChI=1S/C22H33N/c1-2-23-19-12-8-6-4-3-5-7-9-14-20-16-13-17-21-15-10-11-18-22(20)21/h10-11,13,15-18,23H,2-9,12,14,19H2,1H3. The second kappa shape index (κ2) is 11.2. The summed E-state index contributed by atoms with van der Waals surface area (Å²) in [5.41, 5.74) is 1.52. The quantitative estimate of drug-likeness (QED) is 0.466. The molecule has 0 bridgehead atoms. The van der Waals surface area contributed by atoms with Crippen LogP contribution in [0.25, 0.3) is 10.8 Å². The highest BCUT2D eigenvalue weighted by Gasteiger charge is 2.00. The van der Waals surface area contributed by atoms with E-state index in [1.807, 2.05) is 0 Å². The first kappa shape index (κ1) is 18.0. The Morgan fingerprint density at radius 1 is 0.696 bits per heavy atom. The first-order chi connectivity index (χ1) is 11.4.